The SMILES string of the molecule is O=C(Cn1cc(Cn2c(=O)n(C3=CCCCC3)c3ccccc32)nn1)Nc1ccc(Cl)cc1. The molecule has 1 amide bonds. The molecule has 168 valence electrons. The van der Waals surface area contributed by atoms with Gasteiger partial charge < -0.3 is 5.32 Å². The fraction of sp³-hybridized carbons (Fsp3) is 0.250. The lowest BCUT2D eigenvalue weighted by Crippen LogP contribution is -2.25. The number of nitrogens with one attached hydrogen (secondary N) is 1. The quantitative estimate of drug-likeness (QED) is 0.466. The van der Waals surface area contributed by atoms with Crippen LogP contribution < -0.4 is 11.0 Å². The minimum Gasteiger partial charge on any atom is -0.324 e. The van der Waals surface area contributed by atoms with Crippen LogP contribution in [0.3, 0.4) is 0 Å². The molecule has 0 atom stereocenters. The van der Waals surface area contributed by atoms with Crippen LogP contribution in [0.4, 0.5) is 5.69 Å². The number of hydrogen-bond acceptors (Lipinski definition) is 4. The summed E-state index contributed by atoms with van der Waals surface area (Å²) in [5, 5.41) is 11.7. The fourth-order valence-corrected chi connectivity index (χ4v) is 4.32. The molecule has 1 N–H and O–H groups in total. The Hall–Kier alpha value is -3.65. The van der Waals surface area contributed by atoms with Gasteiger partial charge in [-0.2, -0.15) is 0 Å². The van der Waals surface area contributed by atoms with Crippen molar-refractivity contribution in [2.45, 2.75) is 38.8 Å². The third kappa shape index (κ3) is 4.47. The number of benzene rings is 2. The van der Waals surface area contributed by atoms with Crippen molar-refractivity contribution < 1.29 is 4.79 Å². The number of carbonyl (C=O) groups is 1. The summed E-state index contributed by atoms with van der Waals surface area (Å²) in [7, 11) is 0. The van der Waals surface area contributed by atoms with Crippen LogP contribution in [-0.2, 0) is 17.9 Å². The molecule has 8 nitrogen and oxygen atoms in total. The number of imidazole rings is 1. The highest BCUT2D eigenvalue weighted by atomic mass is 35.5. The predicted octanol–water partition coefficient (Wildman–Crippen LogP) is 4.15. The summed E-state index contributed by atoms with van der Waals surface area (Å²) in [6, 6.07) is 14.7. The number of anilines is 1. The molecule has 2 heterocycles. The Labute approximate surface area is 195 Å². The van der Waals surface area contributed by atoms with E-state index in [1.54, 1.807) is 35.0 Å². The van der Waals surface area contributed by atoms with E-state index in [0.717, 1.165) is 42.4 Å². The van der Waals surface area contributed by atoms with E-state index in [-0.39, 0.29) is 24.7 Å². The van der Waals surface area contributed by atoms with Crippen LogP contribution in [0, 0.1) is 0 Å². The highest BCUT2D eigenvalue weighted by Crippen LogP contribution is 2.25. The number of carbonyl (C=O) groups excluding carboxylic acids is 1. The van der Waals surface area contributed by atoms with E-state index in [4.69, 9.17) is 11.6 Å². The molecule has 9 heteroatoms. The second-order valence-corrected chi connectivity index (χ2v) is 8.53. The molecule has 33 heavy (non-hydrogen) atoms. The molecule has 0 spiro atoms. The van der Waals surface area contributed by atoms with Crippen molar-refractivity contribution in [3.63, 3.8) is 0 Å². The predicted molar refractivity (Wildman–Crippen MR) is 128 cm³/mol. The summed E-state index contributed by atoms with van der Waals surface area (Å²) in [6.45, 7) is 0.289. The van der Waals surface area contributed by atoms with Gasteiger partial charge in [-0.25, -0.2) is 9.48 Å². The Morgan fingerprint density at radius 2 is 1.85 bits per heavy atom. The summed E-state index contributed by atoms with van der Waals surface area (Å²) < 4.78 is 5.00. The van der Waals surface area contributed by atoms with E-state index in [9.17, 15) is 9.59 Å². The van der Waals surface area contributed by atoms with Gasteiger partial charge in [-0.3, -0.25) is 13.9 Å². The zero-order chi connectivity index (χ0) is 22.8. The minimum atomic E-state index is -0.230. The number of aromatic nitrogens is 5. The molecule has 2 aromatic carbocycles. The van der Waals surface area contributed by atoms with Crippen LogP contribution >= 0.6 is 11.6 Å². The van der Waals surface area contributed by atoms with Crippen molar-refractivity contribution in [1.29, 1.82) is 0 Å². The summed E-state index contributed by atoms with van der Waals surface area (Å²) in [5.41, 5.74) is 3.98. The number of halogens is 1. The third-order valence-corrected chi connectivity index (χ3v) is 5.98. The molecule has 1 aliphatic carbocycles. The Morgan fingerprint density at radius 3 is 2.61 bits per heavy atom. The lowest BCUT2D eigenvalue weighted by molar-refractivity contribution is -0.116. The van der Waals surface area contributed by atoms with Crippen LogP contribution in [0.25, 0.3) is 16.7 Å². The second-order valence-electron chi connectivity index (χ2n) is 8.10. The van der Waals surface area contributed by atoms with E-state index in [0.29, 0.717) is 16.4 Å². The molecule has 0 radical (unpaired) electrons. The van der Waals surface area contributed by atoms with Gasteiger partial charge in [-0.15, -0.1) is 5.10 Å². The molecule has 0 aliphatic heterocycles. The maximum atomic E-state index is 13.4. The number of allylic oxidation sites excluding steroid dienone is 2. The highest BCUT2D eigenvalue weighted by molar-refractivity contribution is 6.30. The van der Waals surface area contributed by atoms with Crippen molar-refractivity contribution in [2.24, 2.45) is 0 Å². The Balaban J connectivity index is 1.36. The number of nitrogens with zero attached hydrogens (tertiary/aromatic N) is 5. The monoisotopic (exact) mass is 462 g/mol. The molecule has 0 saturated carbocycles. The van der Waals surface area contributed by atoms with Gasteiger partial charge in [-0.1, -0.05) is 35.0 Å². The number of rotatable bonds is 6. The largest absolute Gasteiger partial charge is 0.333 e. The molecule has 4 aromatic rings. The van der Waals surface area contributed by atoms with Crippen LogP contribution in [-0.4, -0.2) is 30.0 Å². The molecule has 1 aliphatic rings. The average Bonchev–Trinajstić information content (AvgIpc) is 3.38. The first kappa shape index (κ1) is 21.2. The van der Waals surface area contributed by atoms with Crippen molar-refractivity contribution in [3.8, 4) is 0 Å². The van der Waals surface area contributed by atoms with Gasteiger partial charge in [0.05, 0.1) is 23.8 Å². The third-order valence-electron chi connectivity index (χ3n) is 5.73. The van der Waals surface area contributed by atoms with Crippen molar-refractivity contribution in [3.05, 3.63) is 82.0 Å². The van der Waals surface area contributed by atoms with Crippen LogP contribution in [0.2, 0.25) is 5.02 Å². The topological polar surface area (TPSA) is 86.7 Å². The Morgan fingerprint density at radius 1 is 1.06 bits per heavy atom. The molecular formula is C24H23ClN6O2. The zero-order valence-corrected chi connectivity index (χ0v) is 18.7. The maximum Gasteiger partial charge on any atom is 0.333 e. The van der Waals surface area contributed by atoms with Gasteiger partial charge in [0.1, 0.15) is 12.2 Å². The van der Waals surface area contributed by atoms with Crippen LogP contribution in [0.1, 0.15) is 31.4 Å². The first-order valence-electron chi connectivity index (χ1n) is 10.9. The van der Waals surface area contributed by atoms with Crippen molar-refractivity contribution in [1.82, 2.24) is 24.1 Å². The van der Waals surface area contributed by atoms with Gasteiger partial charge in [0.2, 0.25) is 5.91 Å². The number of hydrogen-bond donors (Lipinski definition) is 1. The van der Waals surface area contributed by atoms with Crippen LogP contribution in [0.5, 0.6) is 0 Å². The zero-order valence-electron chi connectivity index (χ0n) is 17.9. The fourth-order valence-electron chi connectivity index (χ4n) is 4.19. The van der Waals surface area contributed by atoms with Crippen molar-refractivity contribution in [2.75, 3.05) is 5.32 Å². The van der Waals surface area contributed by atoms with Gasteiger partial charge in [0.15, 0.2) is 0 Å². The van der Waals surface area contributed by atoms with E-state index in [1.807, 2.05) is 28.8 Å². The number of para-hydroxylation sites is 2. The minimum absolute atomic E-state index is 0.0131. The summed E-state index contributed by atoms with van der Waals surface area (Å²) >= 11 is 5.88. The lowest BCUT2D eigenvalue weighted by Gasteiger charge is -2.13. The second kappa shape index (κ2) is 9.07. The average molecular weight is 463 g/mol. The summed E-state index contributed by atoms with van der Waals surface area (Å²) in [6.07, 6.45) is 7.99. The van der Waals surface area contributed by atoms with E-state index < -0.39 is 0 Å². The van der Waals surface area contributed by atoms with E-state index >= 15 is 0 Å². The number of fused-ring (bicyclic) bond motifs is 1. The molecule has 0 bridgehead atoms. The normalized spacial score (nSPS) is 13.8. The first-order chi connectivity index (χ1) is 16.1. The van der Waals surface area contributed by atoms with Crippen molar-refractivity contribution >= 4 is 39.9 Å². The summed E-state index contributed by atoms with van der Waals surface area (Å²) in [5.74, 6) is -0.230. The lowest BCUT2D eigenvalue weighted by atomic mass is 10.0. The first-order valence-corrected chi connectivity index (χ1v) is 11.3. The van der Waals surface area contributed by atoms with E-state index in [2.05, 4.69) is 21.7 Å². The smallest absolute Gasteiger partial charge is 0.324 e. The molecular weight excluding hydrogens is 440 g/mol. The van der Waals surface area contributed by atoms with Gasteiger partial charge >= 0.3 is 5.69 Å². The molecule has 0 fully saturated rings. The van der Waals surface area contributed by atoms with Gasteiger partial charge in [-0.05, 0) is 62.1 Å². The standard InChI is InChI=1S/C24H23ClN6O2/c25-17-10-12-18(13-11-17)26-23(32)16-29-14-19(27-28-29)15-30-21-8-4-5-9-22(21)31(24(30)33)20-6-2-1-3-7-20/h4-6,8-14H,1-3,7,15-16H2,(H,26,32). The Kier molecular flexibility index (Phi) is 5.83. The van der Waals surface area contributed by atoms with Gasteiger partial charge in [0, 0.05) is 16.4 Å². The maximum absolute atomic E-state index is 13.4. The Bertz CT molecular complexity index is 1400. The number of amides is 1. The van der Waals surface area contributed by atoms with E-state index in [1.165, 1.54) is 4.68 Å². The molecule has 0 saturated heterocycles. The molecule has 0 unspecified atom stereocenters. The highest BCUT2D eigenvalue weighted by Gasteiger charge is 2.18. The van der Waals surface area contributed by atoms with Crippen LogP contribution in [0.15, 0.2) is 65.6 Å². The van der Waals surface area contributed by atoms with Gasteiger partial charge in [0.25, 0.3) is 0 Å². The molecule has 5 rings (SSSR count). The molecule has 2 aromatic heterocycles. The summed E-state index contributed by atoms with van der Waals surface area (Å²) in [4.78, 5) is 25.7.